The summed E-state index contributed by atoms with van der Waals surface area (Å²) in [6.45, 7) is 2.04. The zero-order valence-corrected chi connectivity index (χ0v) is 9.38. The highest BCUT2D eigenvalue weighted by Gasteiger charge is 2.11. The van der Waals surface area contributed by atoms with Gasteiger partial charge >= 0.3 is 0 Å². The van der Waals surface area contributed by atoms with Crippen LogP contribution in [0.1, 0.15) is 24.1 Å². The van der Waals surface area contributed by atoms with Crippen LogP contribution in [0.2, 0.25) is 0 Å². The van der Waals surface area contributed by atoms with Gasteiger partial charge in [0.2, 0.25) is 5.91 Å². The second-order valence-corrected chi connectivity index (χ2v) is 4.87. The Kier molecular flexibility index (Phi) is 2.73. The summed E-state index contributed by atoms with van der Waals surface area (Å²) in [4.78, 5) is 12.1. The normalized spacial score (nSPS) is 12.9. The number of primary amides is 1. The van der Waals surface area contributed by atoms with Crippen LogP contribution in [0, 0.1) is 0 Å². The van der Waals surface area contributed by atoms with E-state index in [1.807, 2.05) is 19.1 Å². The van der Waals surface area contributed by atoms with Crippen molar-refractivity contribution in [2.24, 2.45) is 5.73 Å². The predicted octanol–water partition coefficient (Wildman–Crippen LogP) is 2.88. The molecule has 0 bridgehead atoms. The molecule has 0 radical (unpaired) electrons. The highest BCUT2D eigenvalue weighted by Crippen LogP contribution is 2.31. The fourth-order valence-electron chi connectivity index (χ4n) is 1.65. The standard InChI is InChI=1S/C12H13NOS/c1-8(6-12(13)14)11-7-9-4-2-3-5-10(9)15-11/h2-5,7-8H,6H2,1H3,(H2,13,14). The number of nitrogens with two attached hydrogens (primary N) is 1. The molecule has 0 aliphatic heterocycles. The summed E-state index contributed by atoms with van der Waals surface area (Å²) in [5, 5.41) is 1.24. The lowest BCUT2D eigenvalue weighted by Gasteiger charge is -2.04. The summed E-state index contributed by atoms with van der Waals surface area (Å²) in [5.74, 6) is -0.0140. The highest BCUT2D eigenvalue weighted by atomic mass is 32.1. The van der Waals surface area contributed by atoms with E-state index in [1.165, 1.54) is 15.0 Å². The molecule has 1 atom stereocenters. The second kappa shape index (κ2) is 4.03. The van der Waals surface area contributed by atoms with Gasteiger partial charge in [-0.15, -0.1) is 11.3 Å². The van der Waals surface area contributed by atoms with E-state index in [4.69, 9.17) is 5.73 Å². The Morgan fingerprint density at radius 2 is 2.20 bits per heavy atom. The molecule has 78 valence electrons. The number of fused-ring (bicyclic) bond motifs is 1. The summed E-state index contributed by atoms with van der Waals surface area (Å²) < 4.78 is 1.27. The molecule has 1 unspecified atom stereocenters. The van der Waals surface area contributed by atoms with Gasteiger partial charge in [0, 0.05) is 16.0 Å². The average molecular weight is 219 g/mol. The third-order valence-electron chi connectivity index (χ3n) is 2.44. The van der Waals surface area contributed by atoms with E-state index in [-0.39, 0.29) is 11.8 Å². The van der Waals surface area contributed by atoms with Gasteiger partial charge in [-0.3, -0.25) is 4.79 Å². The van der Waals surface area contributed by atoms with Gasteiger partial charge < -0.3 is 5.73 Å². The number of rotatable bonds is 3. The summed E-state index contributed by atoms with van der Waals surface area (Å²) in [6.07, 6.45) is 0.423. The van der Waals surface area contributed by atoms with Crippen LogP contribution in [0.25, 0.3) is 10.1 Å². The highest BCUT2D eigenvalue weighted by molar-refractivity contribution is 7.19. The number of carbonyl (C=O) groups excluding carboxylic acids is 1. The molecule has 0 saturated carbocycles. The number of carbonyl (C=O) groups is 1. The van der Waals surface area contributed by atoms with Crippen molar-refractivity contribution in [1.82, 2.24) is 0 Å². The maximum Gasteiger partial charge on any atom is 0.218 e. The van der Waals surface area contributed by atoms with E-state index in [0.717, 1.165) is 0 Å². The first-order valence-electron chi connectivity index (χ1n) is 4.93. The Hall–Kier alpha value is -1.35. The molecule has 3 heteroatoms. The van der Waals surface area contributed by atoms with Crippen LogP contribution in [0.3, 0.4) is 0 Å². The Morgan fingerprint density at radius 1 is 1.47 bits per heavy atom. The molecule has 1 heterocycles. The number of amides is 1. The molecule has 15 heavy (non-hydrogen) atoms. The van der Waals surface area contributed by atoms with Crippen molar-refractivity contribution >= 4 is 27.3 Å². The molecule has 0 aliphatic carbocycles. The summed E-state index contributed by atoms with van der Waals surface area (Å²) in [5.41, 5.74) is 5.19. The molecule has 2 aromatic rings. The van der Waals surface area contributed by atoms with E-state index < -0.39 is 0 Å². The zero-order chi connectivity index (χ0) is 10.8. The number of thiophene rings is 1. The molecule has 2 N–H and O–H groups in total. The van der Waals surface area contributed by atoms with Crippen molar-refractivity contribution in [2.45, 2.75) is 19.3 Å². The first kappa shape index (κ1) is 10.2. The third-order valence-corrected chi connectivity index (χ3v) is 3.79. The lowest BCUT2D eigenvalue weighted by Crippen LogP contribution is -2.13. The van der Waals surface area contributed by atoms with Crippen LogP contribution >= 0.6 is 11.3 Å². The SMILES string of the molecule is CC(CC(N)=O)c1cc2ccccc2s1. The third kappa shape index (κ3) is 2.18. The molecule has 0 saturated heterocycles. The monoisotopic (exact) mass is 219 g/mol. The fourth-order valence-corrected chi connectivity index (χ4v) is 2.76. The van der Waals surface area contributed by atoms with Crippen LogP contribution in [0.15, 0.2) is 30.3 Å². The Morgan fingerprint density at radius 3 is 2.87 bits per heavy atom. The molecule has 2 nitrogen and oxygen atoms in total. The van der Waals surface area contributed by atoms with Crippen molar-refractivity contribution in [1.29, 1.82) is 0 Å². The van der Waals surface area contributed by atoms with Crippen LogP contribution in [0.4, 0.5) is 0 Å². The Labute approximate surface area is 92.7 Å². The van der Waals surface area contributed by atoms with Crippen molar-refractivity contribution < 1.29 is 4.79 Å². The Bertz CT molecular complexity index is 456. The first-order chi connectivity index (χ1) is 7.16. The maximum absolute atomic E-state index is 10.8. The largest absolute Gasteiger partial charge is 0.370 e. The lowest BCUT2D eigenvalue weighted by molar-refractivity contribution is -0.118. The number of hydrogen-bond acceptors (Lipinski definition) is 2. The van der Waals surface area contributed by atoms with Crippen molar-refractivity contribution in [3.05, 3.63) is 35.2 Å². The summed E-state index contributed by atoms with van der Waals surface area (Å²) in [7, 11) is 0. The smallest absolute Gasteiger partial charge is 0.218 e. The molecule has 1 aromatic heterocycles. The topological polar surface area (TPSA) is 43.1 Å². The molecular weight excluding hydrogens is 206 g/mol. The minimum atomic E-state index is -0.236. The number of hydrogen-bond donors (Lipinski definition) is 1. The van der Waals surface area contributed by atoms with Gasteiger partial charge in [-0.25, -0.2) is 0 Å². The molecule has 1 aromatic carbocycles. The van der Waals surface area contributed by atoms with Gasteiger partial charge in [0.25, 0.3) is 0 Å². The maximum atomic E-state index is 10.8. The zero-order valence-electron chi connectivity index (χ0n) is 8.57. The quantitative estimate of drug-likeness (QED) is 0.847. The van der Waals surface area contributed by atoms with Crippen molar-refractivity contribution in [3.8, 4) is 0 Å². The Balaban J connectivity index is 2.32. The lowest BCUT2D eigenvalue weighted by atomic mass is 10.1. The van der Waals surface area contributed by atoms with Gasteiger partial charge in [0.15, 0.2) is 0 Å². The van der Waals surface area contributed by atoms with Gasteiger partial charge in [-0.05, 0) is 23.4 Å². The molecular formula is C12H13NOS. The minimum absolute atomic E-state index is 0.222. The van der Waals surface area contributed by atoms with Gasteiger partial charge in [0.1, 0.15) is 0 Å². The predicted molar refractivity (Wildman–Crippen MR) is 64.1 cm³/mol. The minimum Gasteiger partial charge on any atom is -0.370 e. The number of benzene rings is 1. The van der Waals surface area contributed by atoms with Crippen LogP contribution < -0.4 is 5.73 Å². The van der Waals surface area contributed by atoms with Crippen LogP contribution in [-0.4, -0.2) is 5.91 Å². The van der Waals surface area contributed by atoms with Crippen molar-refractivity contribution in [3.63, 3.8) is 0 Å². The van der Waals surface area contributed by atoms with Crippen LogP contribution in [0.5, 0.6) is 0 Å². The molecule has 2 rings (SSSR count). The van der Waals surface area contributed by atoms with Gasteiger partial charge in [-0.1, -0.05) is 25.1 Å². The molecule has 1 amide bonds. The van der Waals surface area contributed by atoms with Crippen LogP contribution in [-0.2, 0) is 4.79 Å². The molecule has 0 spiro atoms. The fraction of sp³-hybridized carbons (Fsp3) is 0.250. The molecule has 0 fully saturated rings. The van der Waals surface area contributed by atoms with E-state index in [9.17, 15) is 4.79 Å². The second-order valence-electron chi connectivity index (χ2n) is 3.76. The van der Waals surface area contributed by atoms with Crippen molar-refractivity contribution in [2.75, 3.05) is 0 Å². The molecule has 0 aliphatic rings. The van der Waals surface area contributed by atoms with E-state index in [1.54, 1.807) is 11.3 Å². The summed E-state index contributed by atoms with van der Waals surface area (Å²) in [6, 6.07) is 10.4. The summed E-state index contributed by atoms with van der Waals surface area (Å²) >= 11 is 1.74. The first-order valence-corrected chi connectivity index (χ1v) is 5.75. The van der Waals surface area contributed by atoms with E-state index in [0.29, 0.717) is 6.42 Å². The van der Waals surface area contributed by atoms with E-state index in [2.05, 4.69) is 18.2 Å². The van der Waals surface area contributed by atoms with Gasteiger partial charge in [-0.2, -0.15) is 0 Å². The van der Waals surface area contributed by atoms with E-state index >= 15 is 0 Å². The van der Waals surface area contributed by atoms with Gasteiger partial charge in [0.05, 0.1) is 0 Å². The average Bonchev–Trinajstić information content (AvgIpc) is 2.59.